The normalized spacial score (nSPS) is 11.1. The fraction of sp³-hybridized carbons (Fsp3) is 0.211. The summed E-state index contributed by atoms with van der Waals surface area (Å²) in [5, 5.41) is 15.9. The third kappa shape index (κ3) is 4.08. The molecule has 1 N–H and O–H groups in total. The van der Waals surface area contributed by atoms with Crippen LogP contribution in [0.15, 0.2) is 42.9 Å². The van der Waals surface area contributed by atoms with Crippen LogP contribution in [-0.4, -0.2) is 40.2 Å². The van der Waals surface area contributed by atoms with Gasteiger partial charge in [-0.1, -0.05) is 29.8 Å². The highest BCUT2D eigenvalue weighted by Gasteiger charge is 2.14. The second-order valence-electron chi connectivity index (χ2n) is 6.68. The van der Waals surface area contributed by atoms with Crippen LogP contribution in [0.2, 0.25) is 5.02 Å². The van der Waals surface area contributed by atoms with Gasteiger partial charge in [-0.3, -0.25) is 14.8 Å². The van der Waals surface area contributed by atoms with Crippen LogP contribution in [0.5, 0.6) is 0 Å². The van der Waals surface area contributed by atoms with E-state index in [1.807, 2.05) is 13.8 Å². The van der Waals surface area contributed by atoms with E-state index in [4.69, 9.17) is 11.6 Å². The van der Waals surface area contributed by atoms with Crippen LogP contribution in [0.1, 0.15) is 27.4 Å². The van der Waals surface area contributed by atoms with Gasteiger partial charge in [-0.05, 0) is 26.0 Å². The zero-order valence-electron chi connectivity index (χ0n) is 16.3. The predicted molar refractivity (Wildman–Crippen MR) is 108 cm³/mol. The zero-order chi connectivity index (χ0) is 21.3. The van der Waals surface area contributed by atoms with Gasteiger partial charge in [-0.25, -0.2) is 18.7 Å². The van der Waals surface area contributed by atoms with Gasteiger partial charge in [0.2, 0.25) is 5.95 Å². The predicted octanol–water partition coefficient (Wildman–Crippen LogP) is 2.89. The molecule has 0 unspecified atom stereocenters. The Morgan fingerprint density at radius 3 is 2.67 bits per heavy atom. The first-order valence-corrected chi connectivity index (χ1v) is 9.45. The van der Waals surface area contributed by atoms with Crippen molar-refractivity contribution in [1.29, 1.82) is 0 Å². The van der Waals surface area contributed by atoms with Crippen LogP contribution in [0.3, 0.4) is 0 Å². The minimum absolute atomic E-state index is 0.108. The quantitative estimate of drug-likeness (QED) is 0.509. The van der Waals surface area contributed by atoms with Crippen molar-refractivity contribution < 1.29 is 9.18 Å². The van der Waals surface area contributed by atoms with E-state index in [9.17, 15) is 9.18 Å². The number of carbonyl (C=O) groups is 1. The second kappa shape index (κ2) is 8.07. The summed E-state index contributed by atoms with van der Waals surface area (Å²) in [7, 11) is 0. The topological polar surface area (TPSA) is 95.5 Å². The van der Waals surface area contributed by atoms with Gasteiger partial charge in [0.15, 0.2) is 5.69 Å². The number of anilines is 1. The summed E-state index contributed by atoms with van der Waals surface area (Å²) in [4.78, 5) is 16.5. The minimum Gasteiger partial charge on any atom is -0.288 e. The summed E-state index contributed by atoms with van der Waals surface area (Å²) in [6.45, 7) is 4.21. The van der Waals surface area contributed by atoms with Crippen molar-refractivity contribution in [2.75, 3.05) is 5.32 Å². The van der Waals surface area contributed by atoms with Crippen molar-refractivity contribution in [3.8, 4) is 0 Å². The van der Waals surface area contributed by atoms with Gasteiger partial charge in [0.1, 0.15) is 18.8 Å². The van der Waals surface area contributed by atoms with E-state index in [0.717, 1.165) is 11.4 Å². The highest BCUT2D eigenvalue weighted by atomic mass is 35.5. The molecule has 0 aliphatic rings. The zero-order valence-corrected chi connectivity index (χ0v) is 17.0. The highest BCUT2D eigenvalue weighted by molar-refractivity contribution is 6.31. The molecule has 154 valence electrons. The van der Waals surface area contributed by atoms with Crippen molar-refractivity contribution in [2.45, 2.75) is 27.1 Å². The molecule has 4 aromatic rings. The van der Waals surface area contributed by atoms with Gasteiger partial charge < -0.3 is 0 Å². The van der Waals surface area contributed by atoms with Crippen LogP contribution in [0.4, 0.5) is 10.3 Å². The Hall–Kier alpha value is -3.53. The van der Waals surface area contributed by atoms with E-state index >= 15 is 0 Å². The lowest BCUT2D eigenvalue weighted by atomic mass is 10.2. The molecule has 0 bridgehead atoms. The Balaban J connectivity index is 1.41. The molecule has 30 heavy (non-hydrogen) atoms. The molecule has 0 saturated heterocycles. The van der Waals surface area contributed by atoms with E-state index in [1.54, 1.807) is 39.8 Å². The number of rotatable bonds is 6. The maximum absolute atomic E-state index is 13.8. The van der Waals surface area contributed by atoms with Crippen LogP contribution >= 0.6 is 11.6 Å². The van der Waals surface area contributed by atoms with Crippen molar-refractivity contribution in [3.05, 3.63) is 76.3 Å². The first-order chi connectivity index (χ1) is 14.4. The lowest BCUT2D eigenvalue weighted by Gasteiger charge is -2.04. The van der Waals surface area contributed by atoms with E-state index in [2.05, 4.69) is 25.6 Å². The Bertz CT molecular complexity index is 1210. The first kappa shape index (κ1) is 19.8. The first-order valence-electron chi connectivity index (χ1n) is 9.08. The summed E-state index contributed by atoms with van der Waals surface area (Å²) in [5.74, 6) is -0.673. The van der Waals surface area contributed by atoms with Gasteiger partial charge in [0.25, 0.3) is 5.91 Å². The molecule has 3 aromatic heterocycles. The summed E-state index contributed by atoms with van der Waals surface area (Å²) in [5.41, 5.74) is 2.23. The van der Waals surface area contributed by atoms with E-state index in [-0.39, 0.29) is 24.0 Å². The summed E-state index contributed by atoms with van der Waals surface area (Å²) < 4.78 is 18.5. The SMILES string of the molecule is Cc1nn(Cn2ccc(C(=O)Nc3ncn(Cc4ccccc4F)n3)n2)c(C)c1Cl. The van der Waals surface area contributed by atoms with Crippen LogP contribution < -0.4 is 5.32 Å². The van der Waals surface area contributed by atoms with Gasteiger partial charge in [-0.15, -0.1) is 5.10 Å². The fourth-order valence-electron chi connectivity index (χ4n) is 2.91. The number of aryl methyl sites for hydroxylation is 1. The van der Waals surface area contributed by atoms with Gasteiger partial charge in [0, 0.05) is 11.8 Å². The van der Waals surface area contributed by atoms with Gasteiger partial charge in [0.05, 0.1) is 23.0 Å². The molecule has 0 atom stereocenters. The van der Waals surface area contributed by atoms with Crippen molar-refractivity contribution in [1.82, 2.24) is 34.3 Å². The number of carbonyl (C=O) groups excluding carboxylic acids is 1. The van der Waals surface area contributed by atoms with E-state index in [1.165, 1.54) is 17.1 Å². The molecule has 0 aliphatic carbocycles. The molecule has 0 saturated carbocycles. The maximum atomic E-state index is 13.8. The minimum atomic E-state index is -0.455. The number of nitrogens with zero attached hydrogens (tertiary/aromatic N) is 7. The molecule has 3 heterocycles. The third-order valence-corrected chi connectivity index (χ3v) is 5.04. The standard InChI is InChI=1S/C19H18ClFN8O/c1-12-17(20)13(2)29(24-12)11-27-8-7-16(25-27)18(30)23-19-22-10-28(26-19)9-14-5-3-4-6-15(14)21/h3-8,10H,9,11H2,1-2H3,(H,23,26,30). The molecule has 4 rings (SSSR count). The highest BCUT2D eigenvalue weighted by Crippen LogP contribution is 2.18. The van der Waals surface area contributed by atoms with Gasteiger partial charge in [-0.2, -0.15) is 10.2 Å². The largest absolute Gasteiger partial charge is 0.288 e. The average Bonchev–Trinajstić information content (AvgIpc) is 3.42. The Morgan fingerprint density at radius 1 is 1.13 bits per heavy atom. The number of aromatic nitrogens is 7. The lowest BCUT2D eigenvalue weighted by Crippen LogP contribution is -2.16. The van der Waals surface area contributed by atoms with E-state index < -0.39 is 5.91 Å². The lowest BCUT2D eigenvalue weighted by molar-refractivity contribution is 0.102. The van der Waals surface area contributed by atoms with Crippen LogP contribution in [0.25, 0.3) is 0 Å². The number of nitrogens with one attached hydrogen (secondary N) is 1. The molecule has 9 nitrogen and oxygen atoms in total. The number of halogens is 2. The third-order valence-electron chi connectivity index (χ3n) is 4.50. The second-order valence-corrected chi connectivity index (χ2v) is 7.06. The molecule has 11 heteroatoms. The fourth-order valence-corrected chi connectivity index (χ4v) is 3.04. The monoisotopic (exact) mass is 428 g/mol. The van der Waals surface area contributed by atoms with Crippen molar-refractivity contribution in [2.24, 2.45) is 0 Å². The number of hydrogen-bond acceptors (Lipinski definition) is 5. The average molecular weight is 429 g/mol. The molecule has 0 radical (unpaired) electrons. The number of benzene rings is 1. The summed E-state index contributed by atoms with van der Waals surface area (Å²) >= 11 is 6.16. The molecular formula is C19H18ClFN8O. The van der Waals surface area contributed by atoms with Crippen LogP contribution in [0, 0.1) is 19.7 Å². The Morgan fingerprint density at radius 2 is 1.93 bits per heavy atom. The van der Waals surface area contributed by atoms with Crippen molar-refractivity contribution >= 4 is 23.5 Å². The van der Waals surface area contributed by atoms with Crippen molar-refractivity contribution in [3.63, 3.8) is 0 Å². The number of amides is 1. The number of hydrogen-bond donors (Lipinski definition) is 1. The molecule has 1 amide bonds. The molecular weight excluding hydrogens is 411 g/mol. The van der Waals surface area contributed by atoms with E-state index in [0.29, 0.717) is 17.3 Å². The summed E-state index contributed by atoms with van der Waals surface area (Å²) in [6.07, 6.45) is 3.09. The molecule has 0 fully saturated rings. The maximum Gasteiger partial charge on any atom is 0.278 e. The Labute approximate surface area is 176 Å². The molecule has 0 aliphatic heterocycles. The van der Waals surface area contributed by atoms with Crippen LogP contribution in [-0.2, 0) is 13.2 Å². The summed E-state index contributed by atoms with van der Waals surface area (Å²) in [6, 6.07) is 7.99. The molecule has 0 spiro atoms. The Kier molecular flexibility index (Phi) is 5.32. The van der Waals surface area contributed by atoms with Gasteiger partial charge >= 0.3 is 0 Å². The smallest absolute Gasteiger partial charge is 0.278 e. The molecule has 1 aromatic carbocycles.